The molecule has 0 saturated heterocycles. The van der Waals surface area contributed by atoms with Crippen molar-refractivity contribution in [2.75, 3.05) is 0 Å². The Kier molecular flexibility index (Phi) is 8.98. The predicted molar refractivity (Wildman–Crippen MR) is 97.9 cm³/mol. The smallest absolute Gasteiger partial charge is 0.303 e. The highest BCUT2D eigenvalue weighted by molar-refractivity contribution is 5.67. The highest BCUT2D eigenvalue weighted by Crippen LogP contribution is 2.21. The molecule has 23 heavy (non-hydrogen) atoms. The van der Waals surface area contributed by atoms with E-state index in [4.69, 9.17) is 5.11 Å². The summed E-state index contributed by atoms with van der Waals surface area (Å²) in [5.74, 6) is 1.00. The van der Waals surface area contributed by atoms with Crippen LogP contribution in [0.2, 0.25) is 0 Å². The summed E-state index contributed by atoms with van der Waals surface area (Å²) in [7, 11) is 0. The van der Waals surface area contributed by atoms with E-state index in [1.165, 1.54) is 37.7 Å². The van der Waals surface area contributed by atoms with Crippen molar-refractivity contribution < 1.29 is 9.90 Å². The molecular weight excluding hydrogens is 284 g/mol. The number of aryl methyl sites for hydroxylation is 1. The summed E-state index contributed by atoms with van der Waals surface area (Å²) in [5.41, 5.74) is 2.49. The van der Waals surface area contributed by atoms with Gasteiger partial charge in [0.1, 0.15) is 0 Å². The van der Waals surface area contributed by atoms with Gasteiger partial charge in [0, 0.05) is 0 Å². The van der Waals surface area contributed by atoms with E-state index < -0.39 is 5.97 Å². The Morgan fingerprint density at radius 3 is 2.13 bits per heavy atom. The Labute approximate surface area is 142 Å². The predicted octanol–water partition coefficient (Wildman–Crippen LogP) is 6.05. The van der Waals surface area contributed by atoms with Crippen LogP contribution >= 0.6 is 0 Å². The molecule has 2 unspecified atom stereocenters. The molecule has 0 aromatic heterocycles. The number of carboxylic acids is 1. The second-order valence-corrected chi connectivity index (χ2v) is 7.56. The second-order valence-electron chi connectivity index (χ2n) is 7.56. The van der Waals surface area contributed by atoms with Gasteiger partial charge in [0.2, 0.25) is 0 Å². The Morgan fingerprint density at radius 2 is 1.57 bits per heavy atom. The highest BCUT2D eigenvalue weighted by Gasteiger charge is 2.10. The Hall–Kier alpha value is -1.31. The van der Waals surface area contributed by atoms with E-state index in [9.17, 15) is 4.79 Å². The summed E-state index contributed by atoms with van der Waals surface area (Å²) in [4.78, 5) is 10.8. The first-order valence-electron chi connectivity index (χ1n) is 9.19. The molecule has 1 aromatic carbocycles. The van der Waals surface area contributed by atoms with E-state index >= 15 is 0 Å². The molecule has 2 nitrogen and oxygen atoms in total. The van der Waals surface area contributed by atoms with E-state index in [0.717, 1.165) is 23.8 Å². The van der Waals surface area contributed by atoms with Crippen LogP contribution in [0, 0.1) is 11.8 Å². The molecule has 0 aliphatic carbocycles. The quantitative estimate of drug-likeness (QED) is 0.539. The third kappa shape index (κ3) is 8.78. The molecule has 2 atom stereocenters. The fourth-order valence-electron chi connectivity index (χ4n) is 3.07. The summed E-state index contributed by atoms with van der Waals surface area (Å²) in [5, 5.41) is 8.86. The van der Waals surface area contributed by atoms with Crippen LogP contribution in [-0.2, 0) is 11.2 Å². The van der Waals surface area contributed by atoms with Crippen LogP contribution in [-0.4, -0.2) is 11.1 Å². The van der Waals surface area contributed by atoms with Gasteiger partial charge in [-0.1, -0.05) is 77.6 Å². The van der Waals surface area contributed by atoms with Crippen LogP contribution in [0.5, 0.6) is 0 Å². The third-order valence-electron chi connectivity index (χ3n) is 4.67. The molecule has 0 aliphatic heterocycles. The van der Waals surface area contributed by atoms with E-state index in [1.807, 2.05) is 6.92 Å². The Balaban J connectivity index is 2.29. The lowest BCUT2D eigenvalue weighted by Gasteiger charge is -2.13. The first-order chi connectivity index (χ1) is 10.9. The Morgan fingerprint density at radius 1 is 0.957 bits per heavy atom. The average molecular weight is 319 g/mol. The molecule has 1 rings (SSSR count). The fourth-order valence-corrected chi connectivity index (χ4v) is 3.07. The van der Waals surface area contributed by atoms with Crippen molar-refractivity contribution in [2.24, 2.45) is 11.8 Å². The summed E-state index contributed by atoms with van der Waals surface area (Å²) in [6.07, 6.45) is 7.93. The van der Waals surface area contributed by atoms with Gasteiger partial charge < -0.3 is 5.11 Å². The molecule has 0 aliphatic rings. The van der Waals surface area contributed by atoms with Gasteiger partial charge in [-0.15, -0.1) is 0 Å². The number of hydrogen-bond acceptors (Lipinski definition) is 1. The molecule has 0 fully saturated rings. The summed E-state index contributed by atoms with van der Waals surface area (Å²) in [6, 6.07) is 8.51. The largest absolute Gasteiger partial charge is 0.481 e. The third-order valence-corrected chi connectivity index (χ3v) is 4.67. The maximum Gasteiger partial charge on any atom is 0.303 e. The first kappa shape index (κ1) is 19.7. The van der Waals surface area contributed by atoms with Crippen molar-refractivity contribution in [1.82, 2.24) is 0 Å². The van der Waals surface area contributed by atoms with E-state index in [-0.39, 0.29) is 12.3 Å². The maximum atomic E-state index is 10.8. The second kappa shape index (κ2) is 10.5. The minimum atomic E-state index is -0.729. The van der Waals surface area contributed by atoms with Gasteiger partial charge in [0.15, 0.2) is 0 Å². The molecule has 1 N–H and O–H groups in total. The lowest BCUT2D eigenvalue weighted by atomic mass is 9.93. The zero-order valence-electron chi connectivity index (χ0n) is 15.3. The number of rotatable bonds is 11. The lowest BCUT2D eigenvalue weighted by Crippen LogP contribution is -2.03. The molecule has 0 saturated carbocycles. The zero-order chi connectivity index (χ0) is 17.2. The van der Waals surface area contributed by atoms with Crippen LogP contribution in [0.25, 0.3) is 0 Å². The number of carboxylic acid groups (broad SMARTS) is 1. The molecule has 130 valence electrons. The van der Waals surface area contributed by atoms with Gasteiger partial charge in [0.05, 0.1) is 6.42 Å². The van der Waals surface area contributed by atoms with Crippen molar-refractivity contribution in [3.63, 3.8) is 0 Å². The summed E-state index contributed by atoms with van der Waals surface area (Å²) >= 11 is 0. The van der Waals surface area contributed by atoms with Crippen molar-refractivity contribution in [2.45, 2.75) is 78.6 Å². The number of aliphatic carboxylic acids is 1. The zero-order valence-corrected chi connectivity index (χ0v) is 15.3. The molecule has 0 amide bonds. The molecule has 1 aromatic rings. The number of benzene rings is 1. The van der Waals surface area contributed by atoms with Crippen LogP contribution < -0.4 is 0 Å². The molecule has 0 radical (unpaired) electrons. The van der Waals surface area contributed by atoms with Crippen molar-refractivity contribution in [1.29, 1.82) is 0 Å². The van der Waals surface area contributed by atoms with Gasteiger partial charge in [0.25, 0.3) is 0 Å². The molecule has 0 heterocycles. The molecule has 0 bridgehead atoms. The molecular formula is C21H34O2. The Bertz CT molecular complexity index is 447. The SMILES string of the molecule is CC(C)CCCC(C)CCCc1ccc(C(C)CC(=O)O)cc1. The minimum absolute atomic E-state index is 0.0857. The van der Waals surface area contributed by atoms with Gasteiger partial charge >= 0.3 is 5.97 Å². The maximum absolute atomic E-state index is 10.8. The topological polar surface area (TPSA) is 37.3 Å². The van der Waals surface area contributed by atoms with Gasteiger partial charge in [-0.2, -0.15) is 0 Å². The van der Waals surface area contributed by atoms with Crippen LogP contribution in [0.3, 0.4) is 0 Å². The van der Waals surface area contributed by atoms with Crippen LogP contribution in [0.4, 0.5) is 0 Å². The minimum Gasteiger partial charge on any atom is -0.481 e. The fraction of sp³-hybridized carbons (Fsp3) is 0.667. The van der Waals surface area contributed by atoms with Crippen LogP contribution in [0.1, 0.15) is 83.3 Å². The van der Waals surface area contributed by atoms with Gasteiger partial charge in [-0.3, -0.25) is 4.79 Å². The summed E-state index contributed by atoms with van der Waals surface area (Å²) < 4.78 is 0. The van der Waals surface area contributed by atoms with Crippen LogP contribution in [0.15, 0.2) is 24.3 Å². The number of carbonyl (C=O) groups is 1. The van der Waals surface area contributed by atoms with Crippen molar-refractivity contribution in [3.8, 4) is 0 Å². The first-order valence-corrected chi connectivity index (χ1v) is 9.19. The molecule has 0 spiro atoms. The normalized spacial score (nSPS) is 14.0. The molecule has 2 heteroatoms. The summed E-state index contributed by atoms with van der Waals surface area (Å²) in [6.45, 7) is 8.94. The highest BCUT2D eigenvalue weighted by atomic mass is 16.4. The average Bonchev–Trinajstić information content (AvgIpc) is 2.46. The van der Waals surface area contributed by atoms with E-state index in [0.29, 0.717) is 0 Å². The van der Waals surface area contributed by atoms with Gasteiger partial charge in [-0.05, 0) is 41.7 Å². The van der Waals surface area contributed by atoms with E-state index in [2.05, 4.69) is 45.0 Å². The monoisotopic (exact) mass is 318 g/mol. The van der Waals surface area contributed by atoms with E-state index in [1.54, 1.807) is 0 Å². The van der Waals surface area contributed by atoms with Crippen molar-refractivity contribution >= 4 is 5.97 Å². The number of hydrogen-bond donors (Lipinski definition) is 1. The standard InChI is InChI=1S/C21H34O2/c1-16(2)7-5-8-17(3)9-6-10-19-11-13-20(14-12-19)18(4)15-21(22)23/h11-14,16-18H,5-10,15H2,1-4H3,(H,22,23). The van der Waals surface area contributed by atoms with Gasteiger partial charge in [-0.25, -0.2) is 0 Å². The lowest BCUT2D eigenvalue weighted by molar-refractivity contribution is -0.137. The van der Waals surface area contributed by atoms with Crippen molar-refractivity contribution in [3.05, 3.63) is 35.4 Å².